The molecule has 0 aliphatic heterocycles. The standard InChI is InChI=1S/C22H21N5OS/c1-27(21-14-23-15-29-21)20(10-16-6-3-2-4-7-16)22(28)26-19-9-5-8-17(11-19)18-12-24-25-13-18/h2-9,11-15,20H,10H2,1H3,(H,24,25)(H,26,28)/t20-/m0/s1. The SMILES string of the molecule is CN(c1cncs1)[C@@H](Cc1ccccc1)C(=O)Nc1cccc(-c2cn[nH]c2)c1. The van der Waals surface area contributed by atoms with Crippen molar-refractivity contribution in [2.24, 2.45) is 0 Å². The van der Waals surface area contributed by atoms with E-state index in [0.717, 1.165) is 27.4 Å². The highest BCUT2D eigenvalue weighted by Gasteiger charge is 2.25. The normalized spacial score (nSPS) is 11.8. The van der Waals surface area contributed by atoms with Crippen LogP contribution in [0.15, 0.2) is 78.7 Å². The number of nitrogens with one attached hydrogen (secondary N) is 2. The monoisotopic (exact) mass is 403 g/mol. The van der Waals surface area contributed by atoms with Gasteiger partial charge in [-0.1, -0.05) is 42.5 Å². The van der Waals surface area contributed by atoms with E-state index < -0.39 is 0 Å². The Balaban J connectivity index is 1.57. The summed E-state index contributed by atoms with van der Waals surface area (Å²) in [6.45, 7) is 0. The van der Waals surface area contributed by atoms with Crippen molar-refractivity contribution in [1.29, 1.82) is 0 Å². The van der Waals surface area contributed by atoms with Crippen molar-refractivity contribution in [2.75, 3.05) is 17.3 Å². The van der Waals surface area contributed by atoms with E-state index >= 15 is 0 Å². The fraction of sp³-hybridized carbons (Fsp3) is 0.136. The number of aromatic amines is 1. The van der Waals surface area contributed by atoms with Gasteiger partial charge in [0.1, 0.15) is 11.0 Å². The highest BCUT2D eigenvalue weighted by atomic mass is 32.1. The first-order chi connectivity index (χ1) is 14.2. The van der Waals surface area contributed by atoms with Gasteiger partial charge < -0.3 is 10.2 Å². The van der Waals surface area contributed by atoms with Crippen molar-refractivity contribution in [3.05, 3.63) is 84.3 Å². The predicted octanol–water partition coefficient (Wildman–Crippen LogP) is 4.22. The first kappa shape index (κ1) is 18.9. The summed E-state index contributed by atoms with van der Waals surface area (Å²) in [5.41, 5.74) is 5.61. The van der Waals surface area contributed by atoms with Crippen LogP contribution in [0.2, 0.25) is 0 Å². The van der Waals surface area contributed by atoms with Crippen LogP contribution in [-0.4, -0.2) is 34.2 Å². The van der Waals surface area contributed by atoms with Crippen molar-refractivity contribution in [3.8, 4) is 11.1 Å². The summed E-state index contributed by atoms with van der Waals surface area (Å²) >= 11 is 1.52. The van der Waals surface area contributed by atoms with Gasteiger partial charge in [-0.25, -0.2) is 0 Å². The molecule has 1 atom stereocenters. The van der Waals surface area contributed by atoms with Crippen molar-refractivity contribution in [2.45, 2.75) is 12.5 Å². The van der Waals surface area contributed by atoms with Crippen LogP contribution in [0, 0.1) is 0 Å². The van der Waals surface area contributed by atoms with Crippen LogP contribution >= 0.6 is 11.3 Å². The molecule has 2 N–H and O–H groups in total. The molecule has 0 aliphatic carbocycles. The number of carbonyl (C=O) groups is 1. The topological polar surface area (TPSA) is 73.9 Å². The van der Waals surface area contributed by atoms with Crippen LogP contribution in [0.5, 0.6) is 0 Å². The second kappa shape index (κ2) is 8.70. The summed E-state index contributed by atoms with van der Waals surface area (Å²) in [4.78, 5) is 19.4. The molecule has 2 aromatic carbocycles. The minimum atomic E-state index is -0.365. The average Bonchev–Trinajstić information content (AvgIpc) is 3.47. The van der Waals surface area contributed by atoms with E-state index in [1.54, 1.807) is 17.9 Å². The van der Waals surface area contributed by atoms with Gasteiger partial charge in [-0.15, -0.1) is 11.3 Å². The van der Waals surface area contributed by atoms with Crippen molar-refractivity contribution >= 4 is 27.9 Å². The quantitative estimate of drug-likeness (QED) is 0.485. The van der Waals surface area contributed by atoms with Gasteiger partial charge in [0, 0.05) is 30.9 Å². The molecule has 4 rings (SSSR count). The Morgan fingerprint density at radius 2 is 2.00 bits per heavy atom. The van der Waals surface area contributed by atoms with Gasteiger partial charge in [-0.05, 0) is 23.3 Å². The van der Waals surface area contributed by atoms with E-state index in [9.17, 15) is 4.79 Å². The molecule has 0 spiro atoms. The van der Waals surface area contributed by atoms with Gasteiger partial charge in [-0.2, -0.15) is 5.10 Å². The summed E-state index contributed by atoms with van der Waals surface area (Å²) in [5.74, 6) is -0.0610. The summed E-state index contributed by atoms with van der Waals surface area (Å²) in [7, 11) is 1.93. The molecular weight excluding hydrogens is 382 g/mol. The number of carbonyl (C=O) groups excluding carboxylic acids is 1. The number of benzene rings is 2. The predicted molar refractivity (Wildman–Crippen MR) is 117 cm³/mol. The van der Waals surface area contributed by atoms with E-state index in [4.69, 9.17) is 0 Å². The largest absolute Gasteiger partial charge is 0.353 e. The smallest absolute Gasteiger partial charge is 0.247 e. The molecule has 0 bridgehead atoms. The van der Waals surface area contributed by atoms with Gasteiger partial charge in [0.05, 0.1) is 17.9 Å². The Hall–Kier alpha value is -3.45. The number of anilines is 2. The molecular formula is C22H21N5OS. The van der Waals surface area contributed by atoms with Crippen LogP contribution in [0.3, 0.4) is 0 Å². The Kier molecular flexibility index (Phi) is 5.67. The molecule has 146 valence electrons. The van der Waals surface area contributed by atoms with E-state index in [2.05, 4.69) is 20.5 Å². The minimum Gasteiger partial charge on any atom is -0.353 e. The zero-order valence-corrected chi connectivity index (χ0v) is 16.8. The lowest BCUT2D eigenvalue weighted by atomic mass is 10.0. The maximum atomic E-state index is 13.3. The van der Waals surface area contributed by atoms with Gasteiger partial charge in [0.25, 0.3) is 0 Å². The molecule has 2 aromatic heterocycles. The lowest BCUT2D eigenvalue weighted by molar-refractivity contribution is -0.117. The number of thiazole rings is 1. The van der Waals surface area contributed by atoms with Crippen LogP contribution < -0.4 is 10.2 Å². The zero-order valence-electron chi connectivity index (χ0n) is 15.9. The maximum absolute atomic E-state index is 13.3. The molecule has 0 unspecified atom stereocenters. The summed E-state index contributed by atoms with van der Waals surface area (Å²) in [6.07, 6.45) is 5.98. The van der Waals surface area contributed by atoms with Crippen LogP contribution in [0.25, 0.3) is 11.1 Å². The average molecular weight is 404 g/mol. The minimum absolute atomic E-state index is 0.0610. The van der Waals surface area contributed by atoms with E-state index in [1.165, 1.54) is 11.3 Å². The van der Waals surface area contributed by atoms with Gasteiger partial charge in [-0.3, -0.25) is 14.9 Å². The molecule has 6 nitrogen and oxygen atoms in total. The molecule has 0 radical (unpaired) electrons. The number of likely N-dealkylation sites (N-methyl/N-ethyl adjacent to an activating group) is 1. The first-order valence-electron chi connectivity index (χ1n) is 9.26. The van der Waals surface area contributed by atoms with Crippen molar-refractivity contribution in [3.63, 3.8) is 0 Å². The second-order valence-corrected chi connectivity index (χ2v) is 7.58. The molecule has 0 aliphatic rings. The molecule has 4 aromatic rings. The highest BCUT2D eigenvalue weighted by molar-refractivity contribution is 7.13. The molecule has 0 saturated heterocycles. The number of aromatic nitrogens is 3. The number of amides is 1. The van der Waals surface area contributed by atoms with Gasteiger partial charge >= 0.3 is 0 Å². The molecule has 0 saturated carbocycles. The molecule has 0 fully saturated rings. The lowest BCUT2D eigenvalue weighted by Gasteiger charge is -2.27. The third-order valence-electron chi connectivity index (χ3n) is 4.77. The molecule has 7 heteroatoms. The Labute approximate surface area is 173 Å². The molecule has 1 amide bonds. The van der Waals surface area contributed by atoms with Crippen LogP contribution in [0.4, 0.5) is 10.7 Å². The van der Waals surface area contributed by atoms with Crippen LogP contribution in [0.1, 0.15) is 5.56 Å². The van der Waals surface area contributed by atoms with E-state index in [1.807, 2.05) is 72.7 Å². The number of hydrogen-bond acceptors (Lipinski definition) is 5. The molecule has 2 heterocycles. The highest BCUT2D eigenvalue weighted by Crippen LogP contribution is 2.24. The summed E-state index contributed by atoms with van der Waals surface area (Å²) < 4.78 is 0. The summed E-state index contributed by atoms with van der Waals surface area (Å²) in [5, 5.41) is 10.8. The molecule has 29 heavy (non-hydrogen) atoms. The third-order valence-corrected chi connectivity index (χ3v) is 5.63. The Morgan fingerprint density at radius 1 is 1.14 bits per heavy atom. The fourth-order valence-corrected chi connectivity index (χ4v) is 3.84. The number of nitrogens with zero attached hydrogens (tertiary/aromatic N) is 3. The van der Waals surface area contributed by atoms with Crippen molar-refractivity contribution in [1.82, 2.24) is 15.2 Å². The number of H-pyrrole nitrogens is 1. The third kappa shape index (κ3) is 4.52. The van der Waals surface area contributed by atoms with Gasteiger partial charge in [0.2, 0.25) is 5.91 Å². The Bertz CT molecular complexity index is 1050. The summed E-state index contributed by atoms with van der Waals surface area (Å²) in [6, 6.07) is 17.4. The maximum Gasteiger partial charge on any atom is 0.247 e. The second-order valence-electron chi connectivity index (χ2n) is 6.71. The number of hydrogen-bond donors (Lipinski definition) is 2. The van der Waals surface area contributed by atoms with E-state index in [0.29, 0.717) is 6.42 Å². The van der Waals surface area contributed by atoms with Gasteiger partial charge in [0.15, 0.2) is 0 Å². The van der Waals surface area contributed by atoms with E-state index in [-0.39, 0.29) is 11.9 Å². The number of rotatable bonds is 7. The van der Waals surface area contributed by atoms with Crippen molar-refractivity contribution < 1.29 is 4.79 Å². The fourth-order valence-electron chi connectivity index (χ4n) is 3.19. The first-order valence-corrected chi connectivity index (χ1v) is 10.1. The zero-order chi connectivity index (χ0) is 20.1. The lowest BCUT2D eigenvalue weighted by Crippen LogP contribution is -2.43. The van der Waals surface area contributed by atoms with Crippen LogP contribution in [-0.2, 0) is 11.2 Å². The Morgan fingerprint density at radius 3 is 2.72 bits per heavy atom.